The van der Waals surface area contributed by atoms with Crippen LogP contribution < -0.4 is 0 Å². The van der Waals surface area contributed by atoms with Crippen molar-refractivity contribution in [3.05, 3.63) is 236 Å². The molecule has 0 spiro atoms. The number of hydrogen-bond donors (Lipinski definition) is 0. The predicted octanol–water partition coefficient (Wildman–Crippen LogP) is 16.2. The molecule has 0 fully saturated rings. The van der Waals surface area contributed by atoms with E-state index in [1.54, 1.807) is 0 Å². The lowest BCUT2D eigenvalue weighted by molar-refractivity contribution is 0.590. The molecule has 10 rings (SSSR count). The molecular weight excluding hydrogens is 775 g/mol. The average molecular weight is 822 g/mol. The van der Waals surface area contributed by atoms with Gasteiger partial charge in [0.05, 0.1) is 17.1 Å². The molecule has 0 radical (unpaired) electrons. The van der Waals surface area contributed by atoms with Crippen LogP contribution in [-0.2, 0) is 5.41 Å². The molecule has 0 saturated heterocycles. The summed E-state index contributed by atoms with van der Waals surface area (Å²) in [6, 6.07) is 75.4. The molecule has 0 amide bonds. The van der Waals surface area contributed by atoms with Crippen molar-refractivity contribution in [2.75, 3.05) is 0 Å². The highest BCUT2D eigenvalue weighted by Gasteiger charge is 2.20. The van der Waals surface area contributed by atoms with Crippen LogP contribution in [0.3, 0.4) is 0 Å². The van der Waals surface area contributed by atoms with Gasteiger partial charge in [-0.3, -0.25) is 15.0 Å². The third kappa shape index (κ3) is 8.32. The Morgan fingerprint density at radius 1 is 0.250 bits per heavy atom. The summed E-state index contributed by atoms with van der Waals surface area (Å²) >= 11 is 0. The topological polar surface area (TPSA) is 38.7 Å². The van der Waals surface area contributed by atoms with E-state index in [4.69, 9.17) is 15.0 Å². The third-order valence-electron chi connectivity index (χ3n) is 12.0. The van der Waals surface area contributed by atoms with Gasteiger partial charge >= 0.3 is 0 Å². The van der Waals surface area contributed by atoms with Gasteiger partial charge in [-0.1, -0.05) is 191 Å². The standard InChI is InChI=1S/C61H47N3/c1-61(2,3)51-30-31-56(57(38-51)47-29-34-60(64-41-47)44-21-11-6-12-22-44)50-36-48(54-25-15-13-23-52(54)45-27-32-58(62-39-45)42-17-7-4-8-18-42)35-49(37-50)55-26-16-14-24-53(55)46-28-33-59(63-40-46)43-19-9-5-10-20-43/h4-41H,1-3H3. The van der Waals surface area contributed by atoms with Gasteiger partial charge in [-0.15, -0.1) is 0 Å². The summed E-state index contributed by atoms with van der Waals surface area (Å²) in [6.45, 7) is 6.83. The molecule has 7 aromatic carbocycles. The van der Waals surface area contributed by atoms with Crippen LogP contribution >= 0.6 is 0 Å². The highest BCUT2D eigenvalue weighted by Crippen LogP contribution is 2.43. The molecule has 3 heterocycles. The van der Waals surface area contributed by atoms with Gasteiger partial charge in [0.1, 0.15) is 0 Å². The lowest BCUT2D eigenvalue weighted by Crippen LogP contribution is -2.11. The maximum absolute atomic E-state index is 5.01. The first kappa shape index (κ1) is 40.1. The Labute approximate surface area is 376 Å². The van der Waals surface area contributed by atoms with Crippen molar-refractivity contribution < 1.29 is 0 Å². The average Bonchev–Trinajstić information content (AvgIpc) is 3.37. The Bertz CT molecular complexity index is 3040. The van der Waals surface area contributed by atoms with Crippen molar-refractivity contribution in [1.29, 1.82) is 0 Å². The normalized spacial score (nSPS) is 11.4. The Morgan fingerprint density at radius 3 is 0.891 bits per heavy atom. The van der Waals surface area contributed by atoms with Gasteiger partial charge in [0.25, 0.3) is 0 Å². The van der Waals surface area contributed by atoms with Crippen LogP contribution in [0.4, 0.5) is 0 Å². The second kappa shape index (κ2) is 17.4. The molecule has 0 aliphatic heterocycles. The van der Waals surface area contributed by atoms with Crippen molar-refractivity contribution in [1.82, 2.24) is 15.0 Å². The van der Waals surface area contributed by atoms with E-state index >= 15 is 0 Å². The molecule has 3 aromatic heterocycles. The van der Waals surface area contributed by atoms with Crippen LogP contribution in [0.15, 0.2) is 231 Å². The zero-order chi connectivity index (χ0) is 43.5. The molecule has 0 aliphatic carbocycles. The Hall–Kier alpha value is -8.01. The molecule has 0 saturated carbocycles. The fourth-order valence-corrected chi connectivity index (χ4v) is 8.57. The fourth-order valence-electron chi connectivity index (χ4n) is 8.57. The summed E-state index contributed by atoms with van der Waals surface area (Å²) in [6.07, 6.45) is 6.03. The van der Waals surface area contributed by atoms with E-state index in [-0.39, 0.29) is 5.41 Å². The van der Waals surface area contributed by atoms with E-state index in [1.165, 1.54) is 5.56 Å². The van der Waals surface area contributed by atoms with E-state index < -0.39 is 0 Å². The van der Waals surface area contributed by atoms with Gasteiger partial charge in [-0.05, 0) is 104 Å². The minimum atomic E-state index is -0.0518. The first-order valence-corrected chi connectivity index (χ1v) is 21.9. The van der Waals surface area contributed by atoms with Gasteiger partial charge < -0.3 is 0 Å². The quantitative estimate of drug-likeness (QED) is 0.146. The van der Waals surface area contributed by atoms with E-state index in [0.29, 0.717) is 0 Å². The van der Waals surface area contributed by atoms with Gasteiger partial charge in [0.2, 0.25) is 0 Å². The predicted molar refractivity (Wildman–Crippen MR) is 267 cm³/mol. The highest BCUT2D eigenvalue weighted by molar-refractivity contribution is 5.94. The molecule has 0 unspecified atom stereocenters. The van der Waals surface area contributed by atoms with Crippen molar-refractivity contribution >= 4 is 0 Å². The number of benzene rings is 7. The first-order chi connectivity index (χ1) is 31.4. The second-order valence-electron chi connectivity index (χ2n) is 17.3. The lowest BCUT2D eigenvalue weighted by atomic mass is 9.82. The zero-order valence-electron chi connectivity index (χ0n) is 36.3. The SMILES string of the molecule is CC(C)(C)c1ccc(-c2cc(-c3ccccc3-c3ccc(-c4ccccc4)nc3)cc(-c3ccccc3-c3ccc(-c4ccccc4)nc3)c2)c(-c2ccc(-c3ccccc3)nc2)c1. The molecule has 0 bridgehead atoms. The minimum Gasteiger partial charge on any atom is -0.256 e. The van der Waals surface area contributed by atoms with Crippen molar-refractivity contribution in [3.63, 3.8) is 0 Å². The molecule has 10 aromatic rings. The van der Waals surface area contributed by atoms with Crippen molar-refractivity contribution in [2.24, 2.45) is 0 Å². The molecule has 0 aliphatic rings. The van der Waals surface area contributed by atoms with Crippen LogP contribution in [-0.4, -0.2) is 15.0 Å². The van der Waals surface area contributed by atoms with Crippen LogP contribution in [0.2, 0.25) is 0 Å². The monoisotopic (exact) mass is 821 g/mol. The van der Waals surface area contributed by atoms with Crippen LogP contribution in [0.25, 0.3) is 101 Å². The third-order valence-corrected chi connectivity index (χ3v) is 12.0. The Balaban J connectivity index is 1.15. The summed E-state index contributed by atoms with van der Waals surface area (Å²) in [5, 5.41) is 0. The molecule has 306 valence electrons. The molecule has 0 atom stereocenters. The van der Waals surface area contributed by atoms with Crippen LogP contribution in [0.5, 0.6) is 0 Å². The molecular formula is C61H47N3. The number of pyridine rings is 3. The number of hydrogen-bond acceptors (Lipinski definition) is 3. The summed E-state index contributed by atoms with van der Waals surface area (Å²) < 4.78 is 0. The first-order valence-electron chi connectivity index (χ1n) is 21.9. The summed E-state index contributed by atoms with van der Waals surface area (Å²) in [5.74, 6) is 0. The maximum atomic E-state index is 5.01. The van der Waals surface area contributed by atoms with E-state index in [1.807, 2.05) is 36.8 Å². The zero-order valence-corrected chi connectivity index (χ0v) is 36.3. The maximum Gasteiger partial charge on any atom is 0.0702 e. The van der Waals surface area contributed by atoms with Gasteiger partial charge in [-0.25, -0.2) is 0 Å². The number of nitrogens with zero attached hydrogens (tertiary/aromatic N) is 3. The van der Waals surface area contributed by atoms with Crippen molar-refractivity contribution in [3.8, 4) is 101 Å². The van der Waals surface area contributed by atoms with Gasteiger partial charge in [-0.2, -0.15) is 0 Å². The van der Waals surface area contributed by atoms with Crippen LogP contribution in [0.1, 0.15) is 26.3 Å². The summed E-state index contributed by atoms with van der Waals surface area (Å²) in [4.78, 5) is 14.9. The summed E-state index contributed by atoms with van der Waals surface area (Å²) in [7, 11) is 0. The van der Waals surface area contributed by atoms with E-state index in [2.05, 4.69) is 215 Å². The Kier molecular flexibility index (Phi) is 10.9. The largest absolute Gasteiger partial charge is 0.256 e. The summed E-state index contributed by atoms with van der Waals surface area (Å²) in [5.41, 5.74) is 20.7. The minimum absolute atomic E-state index is 0.0518. The van der Waals surface area contributed by atoms with Gasteiger partial charge in [0, 0.05) is 52.0 Å². The lowest BCUT2D eigenvalue weighted by Gasteiger charge is -2.23. The van der Waals surface area contributed by atoms with Crippen LogP contribution in [0, 0.1) is 0 Å². The van der Waals surface area contributed by atoms with E-state index in [9.17, 15) is 0 Å². The molecule has 3 nitrogen and oxygen atoms in total. The smallest absolute Gasteiger partial charge is 0.0702 e. The second-order valence-corrected chi connectivity index (χ2v) is 17.3. The fraction of sp³-hybridized carbons (Fsp3) is 0.0656. The molecule has 3 heteroatoms. The molecule has 0 N–H and O–H groups in total. The van der Waals surface area contributed by atoms with Gasteiger partial charge in [0.15, 0.2) is 0 Å². The number of aromatic nitrogens is 3. The Morgan fingerprint density at radius 2 is 0.562 bits per heavy atom. The van der Waals surface area contributed by atoms with Crippen molar-refractivity contribution in [2.45, 2.75) is 26.2 Å². The highest BCUT2D eigenvalue weighted by atomic mass is 14.7. The van der Waals surface area contributed by atoms with E-state index in [0.717, 1.165) is 101 Å². The molecule has 64 heavy (non-hydrogen) atoms. The number of rotatable bonds is 9.